The van der Waals surface area contributed by atoms with Gasteiger partial charge in [0, 0.05) is 63.7 Å². The van der Waals surface area contributed by atoms with Crippen molar-refractivity contribution in [1.29, 1.82) is 0 Å². The molecule has 2 aliphatic heterocycles. The topological polar surface area (TPSA) is 138 Å². The first kappa shape index (κ1) is 21.5. The van der Waals surface area contributed by atoms with Crippen molar-refractivity contribution in [2.45, 2.75) is 39.5 Å². The number of carbonyl (C=O) groups is 6. The van der Waals surface area contributed by atoms with E-state index in [9.17, 15) is 28.8 Å². The van der Waals surface area contributed by atoms with Gasteiger partial charge in [-0.1, -0.05) is 13.8 Å². The smallest absolute Gasteiger partial charge is 0.232 e. The predicted octanol–water partition coefficient (Wildman–Crippen LogP) is -1.13. The number of nitrogens with zero attached hydrogens (tertiary/aromatic N) is 3. The van der Waals surface area contributed by atoms with Crippen LogP contribution in [0.1, 0.15) is 39.5 Å². The van der Waals surface area contributed by atoms with Crippen molar-refractivity contribution in [3.8, 4) is 0 Å². The highest BCUT2D eigenvalue weighted by molar-refractivity contribution is 6.04. The van der Waals surface area contributed by atoms with Crippen LogP contribution in [0, 0.1) is 11.8 Å². The van der Waals surface area contributed by atoms with Crippen LogP contribution in [0.2, 0.25) is 0 Å². The van der Waals surface area contributed by atoms with E-state index in [1.54, 1.807) is 13.8 Å². The second kappa shape index (κ2) is 8.94. The van der Waals surface area contributed by atoms with Crippen LogP contribution in [0.5, 0.6) is 0 Å². The van der Waals surface area contributed by atoms with Gasteiger partial charge in [-0.3, -0.25) is 38.6 Å². The zero-order chi connectivity index (χ0) is 21.0. The van der Waals surface area contributed by atoms with Crippen LogP contribution in [-0.4, -0.2) is 76.3 Å². The number of amides is 6. The minimum absolute atomic E-state index is 0.0304. The summed E-state index contributed by atoms with van der Waals surface area (Å²) in [6.45, 7) is 3.52. The Balaban J connectivity index is 2.00. The molecule has 2 heterocycles. The van der Waals surface area contributed by atoms with E-state index in [1.807, 2.05) is 0 Å². The Labute approximate surface area is 163 Å². The van der Waals surface area contributed by atoms with Crippen molar-refractivity contribution in [2.75, 3.05) is 26.2 Å². The van der Waals surface area contributed by atoms with Crippen LogP contribution in [0.3, 0.4) is 0 Å². The van der Waals surface area contributed by atoms with E-state index in [4.69, 9.17) is 5.73 Å². The molecule has 0 aliphatic carbocycles. The fourth-order valence-corrected chi connectivity index (χ4v) is 3.36. The lowest BCUT2D eigenvalue weighted by atomic mass is 10.1. The third-order valence-corrected chi connectivity index (χ3v) is 5.06. The first-order valence-electron chi connectivity index (χ1n) is 9.36. The summed E-state index contributed by atoms with van der Waals surface area (Å²) in [5, 5.41) is 0. The van der Waals surface area contributed by atoms with Crippen LogP contribution in [0.25, 0.3) is 0 Å². The molecule has 10 nitrogen and oxygen atoms in total. The molecule has 0 aromatic rings. The van der Waals surface area contributed by atoms with Crippen molar-refractivity contribution >= 4 is 35.4 Å². The van der Waals surface area contributed by atoms with Crippen LogP contribution in [0.15, 0.2) is 0 Å². The van der Waals surface area contributed by atoms with E-state index in [2.05, 4.69) is 0 Å². The Morgan fingerprint density at radius 2 is 1.32 bits per heavy atom. The predicted molar refractivity (Wildman–Crippen MR) is 96.0 cm³/mol. The second-order valence-corrected chi connectivity index (χ2v) is 7.32. The highest BCUT2D eigenvalue weighted by atomic mass is 16.2. The van der Waals surface area contributed by atoms with E-state index in [0.717, 1.165) is 9.80 Å². The fraction of sp³-hybridized carbons (Fsp3) is 0.667. The van der Waals surface area contributed by atoms with Gasteiger partial charge >= 0.3 is 0 Å². The molecule has 28 heavy (non-hydrogen) atoms. The van der Waals surface area contributed by atoms with Gasteiger partial charge < -0.3 is 10.6 Å². The molecular weight excluding hydrogens is 368 g/mol. The largest absolute Gasteiger partial charge is 0.370 e. The number of likely N-dealkylation sites (tertiary alicyclic amines) is 2. The molecule has 2 fully saturated rings. The van der Waals surface area contributed by atoms with Gasteiger partial charge in [0.15, 0.2) is 0 Å². The number of hydrogen-bond acceptors (Lipinski definition) is 6. The summed E-state index contributed by atoms with van der Waals surface area (Å²) in [4.78, 5) is 74.9. The van der Waals surface area contributed by atoms with E-state index >= 15 is 0 Å². The molecule has 0 aromatic carbocycles. The summed E-state index contributed by atoms with van der Waals surface area (Å²) in [5.41, 5.74) is 5.09. The van der Waals surface area contributed by atoms with E-state index in [0.29, 0.717) is 0 Å². The second-order valence-electron chi connectivity index (χ2n) is 7.32. The van der Waals surface area contributed by atoms with Crippen molar-refractivity contribution in [3.05, 3.63) is 0 Å². The molecule has 2 unspecified atom stereocenters. The summed E-state index contributed by atoms with van der Waals surface area (Å²) >= 11 is 0. The fourth-order valence-electron chi connectivity index (χ4n) is 3.36. The summed E-state index contributed by atoms with van der Waals surface area (Å²) in [6.07, 6.45) is 0.0325. The lowest BCUT2D eigenvalue weighted by Crippen LogP contribution is -2.45. The Kier molecular flexibility index (Phi) is 6.87. The summed E-state index contributed by atoms with van der Waals surface area (Å²) < 4.78 is 0. The number of rotatable bonds is 9. The lowest BCUT2D eigenvalue weighted by molar-refractivity contribution is -0.142. The average Bonchev–Trinajstić information content (AvgIpc) is 3.01. The highest BCUT2D eigenvalue weighted by Gasteiger charge is 2.37. The Morgan fingerprint density at radius 3 is 1.64 bits per heavy atom. The normalized spacial score (nSPS) is 22.4. The molecule has 154 valence electrons. The van der Waals surface area contributed by atoms with Gasteiger partial charge in [-0.2, -0.15) is 0 Å². The number of nitrogens with two attached hydrogens (primary N) is 1. The number of carbonyl (C=O) groups excluding carboxylic acids is 6. The molecule has 0 saturated carbocycles. The van der Waals surface area contributed by atoms with Crippen molar-refractivity contribution < 1.29 is 28.8 Å². The average molecular weight is 394 g/mol. The van der Waals surface area contributed by atoms with E-state index < -0.39 is 11.8 Å². The minimum Gasteiger partial charge on any atom is -0.370 e. The number of primary amides is 1. The molecule has 2 saturated heterocycles. The molecule has 2 N–H and O–H groups in total. The van der Waals surface area contributed by atoms with Crippen LogP contribution < -0.4 is 5.73 Å². The molecule has 2 aliphatic rings. The molecule has 2 atom stereocenters. The molecule has 0 aromatic heterocycles. The molecule has 0 bridgehead atoms. The van der Waals surface area contributed by atoms with Gasteiger partial charge in [0.25, 0.3) is 0 Å². The zero-order valence-electron chi connectivity index (χ0n) is 16.2. The van der Waals surface area contributed by atoms with Crippen molar-refractivity contribution in [1.82, 2.24) is 14.7 Å². The third kappa shape index (κ3) is 4.93. The first-order valence-corrected chi connectivity index (χ1v) is 9.36. The molecular formula is C18H26N4O6. The number of hydrogen-bond donors (Lipinski definition) is 1. The monoisotopic (exact) mass is 394 g/mol. The van der Waals surface area contributed by atoms with Gasteiger partial charge in [-0.25, -0.2) is 0 Å². The van der Waals surface area contributed by atoms with E-state index in [1.165, 1.54) is 4.90 Å². The van der Waals surface area contributed by atoms with Crippen molar-refractivity contribution in [3.63, 3.8) is 0 Å². The zero-order valence-corrected chi connectivity index (χ0v) is 16.2. The Bertz CT molecular complexity index is 662. The maximum atomic E-state index is 12.5. The summed E-state index contributed by atoms with van der Waals surface area (Å²) in [7, 11) is 0. The molecule has 2 rings (SSSR count). The van der Waals surface area contributed by atoms with Crippen LogP contribution in [0.4, 0.5) is 0 Å². The molecule has 0 radical (unpaired) electrons. The lowest BCUT2D eigenvalue weighted by Gasteiger charge is -2.27. The van der Waals surface area contributed by atoms with Crippen molar-refractivity contribution in [2.24, 2.45) is 17.6 Å². The standard InChI is InChI=1S/C18H26N4O6/c1-11-9-15(25)21(17(11)27)7-5-20(14(24)4-3-13(19)23)6-8-22-16(26)10-12(2)18(22)28/h11-12H,3-10H2,1-2H3,(H2,19,23). The Hall–Kier alpha value is -2.78. The SMILES string of the molecule is CC1CC(=O)N(CCN(CCN2C(=O)CC(C)C2=O)C(=O)CCC(N)=O)C1=O. The molecule has 10 heteroatoms. The summed E-state index contributed by atoms with van der Waals surface area (Å²) in [5.74, 6) is -2.92. The van der Waals surface area contributed by atoms with Gasteiger partial charge in [0.2, 0.25) is 35.4 Å². The Morgan fingerprint density at radius 1 is 0.893 bits per heavy atom. The minimum atomic E-state index is -0.620. The summed E-state index contributed by atoms with van der Waals surface area (Å²) in [6, 6.07) is 0. The highest BCUT2D eigenvalue weighted by Crippen LogP contribution is 2.20. The van der Waals surface area contributed by atoms with Gasteiger partial charge in [0.05, 0.1) is 0 Å². The van der Waals surface area contributed by atoms with Gasteiger partial charge in [-0.15, -0.1) is 0 Å². The maximum Gasteiger partial charge on any atom is 0.232 e. The third-order valence-electron chi connectivity index (χ3n) is 5.06. The molecule has 6 amide bonds. The van der Waals surface area contributed by atoms with Gasteiger partial charge in [-0.05, 0) is 0 Å². The van der Waals surface area contributed by atoms with Crippen LogP contribution >= 0.6 is 0 Å². The van der Waals surface area contributed by atoms with Gasteiger partial charge in [0.1, 0.15) is 0 Å². The first-order chi connectivity index (χ1) is 13.1. The quantitative estimate of drug-likeness (QED) is 0.491. The molecule has 0 spiro atoms. The maximum absolute atomic E-state index is 12.5. The van der Waals surface area contributed by atoms with Crippen LogP contribution in [-0.2, 0) is 28.8 Å². The van der Waals surface area contributed by atoms with E-state index in [-0.39, 0.29) is 87.3 Å². The number of imide groups is 2.